The van der Waals surface area contributed by atoms with Crippen molar-refractivity contribution in [3.05, 3.63) is 26.9 Å². The summed E-state index contributed by atoms with van der Waals surface area (Å²) in [4.78, 5) is 14.0. The zero-order valence-corrected chi connectivity index (χ0v) is 11.6. The van der Waals surface area contributed by atoms with Gasteiger partial charge < -0.3 is 5.32 Å². The van der Waals surface area contributed by atoms with Gasteiger partial charge in [-0.15, -0.1) is 0 Å². The van der Waals surface area contributed by atoms with Gasteiger partial charge >= 0.3 is 5.69 Å². The Morgan fingerprint density at radius 2 is 2.22 bits per heavy atom. The second-order valence-corrected chi connectivity index (χ2v) is 6.08. The monoisotopic (exact) mass is 338 g/mol. The van der Waals surface area contributed by atoms with Crippen molar-refractivity contribution in [1.82, 2.24) is 4.98 Å². The summed E-state index contributed by atoms with van der Waals surface area (Å²) in [5, 5.41) is 18.3. The Balaban J connectivity index is 2.65. The third-order valence-electron chi connectivity index (χ3n) is 1.93. The van der Waals surface area contributed by atoms with Crippen LogP contribution in [0, 0.1) is 10.1 Å². The molecule has 0 saturated heterocycles. The number of nitro groups is 1. The van der Waals surface area contributed by atoms with E-state index < -0.39 is 14.9 Å². The predicted octanol–water partition coefficient (Wildman–Crippen LogP) is 0.843. The molecule has 0 unspecified atom stereocenters. The van der Waals surface area contributed by atoms with Crippen molar-refractivity contribution >= 4 is 37.5 Å². The first-order valence-corrected chi connectivity index (χ1v) is 7.35. The highest BCUT2D eigenvalue weighted by Crippen LogP contribution is 2.25. The molecule has 0 aliphatic rings. The van der Waals surface area contributed by atoms with Gasteiger partial charge in [0.2, 0.25) is 15.8 Å². The molecule has 8 nitrogen and oxygen atoms in total. The van der Waals surface area contributed by atoms with Crippen LogP contribution in [0.5, 0.6) is 0 Å². The van der Waals surface area contributed by atoms with Crippen LogP contribution < -0.4 is 10.5 Å². The molecule has 0 aliphatic heterocycles. The van der Waals surface area contributed by atoms with Gasteiger partial charge in [-0.25, -0.2) is 18.5 Å². The van der Waals surface area contributed by atoms with Gasteiger partial charge in [0.15, 0.2) is 0 Å². The summed E-state index contributed by atoms with van der Waals surface area (Å²) in [6.45, 7) is 0.228. The van der Waals surface area contributed by atoms with Gasteiger partial charge in [0.05, 0.1) is 10.7 Å². The van der Waals surface area contributed by atoms with Gasteiger partial charge in [0.25, 0.3) is 0 Å². The standard InChI is InChI=1S/C8H11BrN4O4S/c9-6-4-7(13(14)15)8(12-5-6)11-2-1-3-18(10,16)17/h4-5H,1-3H2,(H,11,12)(H2,10,16,17). The van der Waals surface area contributed by atoms with Crippen LogP contribution in [0.25, 0.3) is 0 Å². The van der Waals surface area contributed by atoms with Crippen LogP contribution in [0.4, 0.5) is 11.5 Å². The van der Waals surface area contributed by atoms with Gasteiger partial charge in [-0.2, -0.15) is 0 Å². The number of nitrogens with two attached hydrogens (primary N) is 1. The fraction of sp³-hybridized carbons (Fsp3) is 0.375. The smallest absolute Gasteiger partial charge is 0.312 e. The normalized spacial score (nSPS) is 11.2. The van der Waals surface area contributed by atoms with Crippen molar-refractivity contribution in [2.45, 2.75) is 6.42 Å². The summed E-state index contributed by atoms with van der Waals surface area (Å²) >= 11 is 3.08. The van der Waals surface area contributed by atoms with E-state index in [9.17, 15) is 18.5 Å². The highest BCUT2D eigenvalue weighted by Gasteiger charge is 2.15. The Morgan fingerprint density at radius 3 is 2.78 bits per heavy atom. The number of nitrogens with one attached hydrogen (secondary N) is 1. The number of pyridine rings is 1. The zero-order chi connectivity index (χ0) is 13.8. The van der Waals surface area contributed by atoms with E-state index in [1.54, 1.807) is 0 Å². The largest absolute Gasteiger partial charge is 0.364 e. The van der Waals surface area contributed by atoms with Gasteiger partial charge in [-0.1, -0.05) is 0 Å². The second-order valence-electron chi connectivity index (χ2n) is 3.43. The molecule has 0 saturated carbocycles. The molecule has 1 aromatic rings. The number of halogens is 1. The van der Waals surface area contributed by atoms with Crippen molar-refractivity contribution in [2.24, 2.45) is 5.14 Å². The van der Waals surface area contributed by atoms with Crippen molar-refractivity contribution in [3.8, 4) is 0 Å². The molecule has 0 atom stereocenters. The van der Waals surface area contributed by atoms with Gasteiger partial charge in [0.1, 0.15) is 0 Å². The molecule has 1 rings (SSSR count). The molecule has 0 amide bonds. The minimum atomic E-state index is -3.51. The van der Waals surface area contributed by atoms with E-state index in [0.717, 1.165) is 0 Å². The fourth-order valence-electron chi connectivity index (χ4n) is 1.18. The molecule has 1 aromatic heterocycles. The third kappa shape index (κ3) is 4.94. The lowest BCUT2D eigenvalue weighted by molar-refractivity contribution is -0.384. The van der Waals surface area contributed by atoms with Crippen molar-refractivity contribution in [1.29, 1.82) is 0 Å². The summed E-state index contributed by atoms with van der Waals surface area (Å²) in [5.41, 5.74) is -0.181. The molecule has 0 radical (unpaired) electrons. The van der Waals surface area contributed by atoms with Crippen molar-refractivity contribution in [2.75, 3.05) is 17.6 Å². The van der Waals surface area contributed by atoms with Crippen LogP contribution in [-0.2, 0) is 10.0 Å². The minimum Gasteiger partial charge on any atom is -0.364 e. The van der Waals surface area contributed by atoms with E-state index in [0.29, 0.717) is 4.47 Å². The fourth-order valence-corrected chi connectivity index (χ4v) is 2.05. The maximum Gasteiger partial charge on any atom is 0.312 e. The van der Waals surface area contributed by atoms with Crippen LogP contribution in [0.1, 0.15) is 6.42 Å². The molecule has 0 aromatic carbocycles. The number of anilines is 1. The first-order chi connectivity index (χ1) is 8.29. The molecular formula is C8H11BrN4O4S. The van der Waals surface area contributed by atoms with Crippen molar-refractivity contribution in [3.63, 3.8) is 0 Å². The Morgan fingerprint density at radius 1 is 1.56 bits per heavy atom. The number of rotatable bonds is 6. The summed E-state index contributed by atoms with van der Waals surface area (Å²) < 4.78 is 21.9. The highest BCUT2D eigenvalue weighted by atomic mass is 79.9. The maximum atomic E-state index is 10.8. The van der Waals surface area contributed by atoms with Crippen LogP contribution >= 0.6 is 15.9 Å². The number of aromatic nitrogens is 1. The second kappa shape index (κ2) is 6.07. The molecular weight excluding hydrogens is 328 g/mol. The Hall–Kier alpha value is -1.26. The summed E-state index contributed by atoms with van der Waals surface area (Å²) in [6, 6.07) is 1.31. The quantitative estimate of drug-likeness (QED) is 0.449. The molecule has 0 spiro atoms. The molecule has 18 heavy (non-hydrogen) atoms. The average Bonchev–Trinajstić information content (AvgIpc) is 2.24. The number of hydrogen-bond donors (Lipinski definition) is 2. The summed E-state index contributed by atoms with van der Waals surface area (Å²) in [5.74, 6) is -0.0951. The maximum absolute atomic E-state index is 10.8. The Labute approximate surface area is 112 Å². The zero-order valence-electron chi connectivity index (χ0n) is 9.17. The molecule has 10 heteroatoms. The lowest BCUT2D eigenvalue weighted by atomic mass is 10.4. The van der Waals surface area contributed by atoms with E-state index in [4.69, 9.17) is 5.14 Å². The Bertz CT molecular complexity index is 548. The number of hydrogen-bond acceptors (Lipinski definition) is 6. The number of nitrogens with zero attached hydrogens (tertiary/aromatic N) is 2. The predicted molar refractivity (Wildman–Crippen MR) is 69.7 cm³/mol. The van der Waals surface area contributed by atoms with Crippen LogP contribution in [0.2, 0.25) is 0 Å². The average molecular weight is 339 g/mol. The molecule has 1 heterocycles. The third-order valence-corrected chi connectivity index (χ3v) is 3.22. The van der Waals surface area contributed by atoms with Gasteiger partial charge in [-0.3, -0.25) is 10.1 Å². The van der Waals surface area contributed by atoms with Gasteiger partial charge in [-0.05, 0) is 22.4 Å². The van der Waals surface area contributed by atoms with Crippen LogP contribution in [0.15, 0.2) is 16.7 Å². The minimum absolute atomic E-state index is 0.0950. The van der Waals surface area contributed by atoms with E-state index in [1.165, 1.54) is 12.3 Å². The summed E-state index contributed by atoms with van der Waals surface area (Å²) in [7, 11) is -3.51. The molecule has 0 bridgehead atoms. The Kier molecular flexibility index (Phi) is 4.99. The van der Waals surface area contributed by atoms with Crippen molar-refractivity contribution < 1.29 is 13.3 Å². The van der Waals surface area contributed by atoms with Gasteiger partial charge in [0, 0.05) is 23.3 Å². The lowest BCUT2D eigenvalue weighted by Crippen LogP contribution is -2.19. The summed E-state index contributed by atoms with van der Waals surface area (Å²) in [6.07, 6.45) is 1.66. The molecule has 0 aliphatic carbocycles. The van der Waals surface area contributed by atoms with Crippen LogP contribution in [0.3, 0.4) is 0 Å². The molecule has 0 fully saturated rings. The van der Waals surface area contributed by atoms with E-state index in [2.05, 4.69) is 26.2 Å². The topological polar surface area (TPSA) is 128 Å². The highest BCUT2D eigenvalue weighted by molar-refractivity contribution is 9.10. The first-order valence-electron chi connectivity index (χ1n) is 4.84. The number of primary sulfonamides is 1. The van der Waals surface area contributed by atoms with E-state index in [-0.39, 0.29) is 30.2 Å². The molecule has 3 N–H and O–H groups in total. The lowest BCUT2D eigenvalue weighted by Gasteiger charge is -2.05. The SMILES string of the molecule is NS(=O)(=O)CCCNc1ncc(Br)cc1[N+](=O)[O-]. The van der Waals surface area contributed by atoms with E-state index >= 15 is 0 Å². The van der Waals surface area contributed by atoms with E-state index in [1.807, 2.05) is 0 Å². The first kappa shape index (κ1) is 14.8. The van der Waals surface area contributed by atoms with Crippen LogP contribution in [-0.4, -0.2) is 30.6 Å². The molecule has 100 valence electrons. The number of sulfonamides is 1.